The predicted molar refractivity (Wildman–Crippen MR) is 142 cm³/mol. The van der Waals surface area contributed by atoms with Gasteiger partial charge in [-0.25, -0.2) is 19.3 Å². The van der Waals surface area contributed by atoms with Crippen molar-refractivity contribution in [3.63, 3.8) is 0 Å². The predicted octanol–water partition coefficient (Wildman–Crippen LogP) is 4.63. The molecule has 7 heteroatoms. The molecule has 7 nitrogen and oxygen atoms in total. The van der Waals surface area contributed by atoms with Gasteiger partial charge in [0.05, 0.1) is 12.2 Å². The molecule has 36 heavy (non-hydrogen) atoms. The fraction of sp³-hybridized carbons (Fsp3) is 0.172. The summed E-state index contributed by atoms with van der Waals surface area (Å²) in [6, 6.07) is 21.3. The topological polar surface area (TPSA) is 95.8 Å². The summed E-state index contributed by atoms with van der Waals surface area (Å²) in [4.78, 5) is 36.1. The standard InChI is InChI=1S/C29H27N5O2/c1-17-10-13-23(20(4)14-17)27-31-24(26(30)35)25-28(32-27)34(22-12-11-18(2)19(3)15-22)29(36)33(25)16-21-8-6-5-7-9-21/h5-15H,16H2,1-4H3,(H2,30,35). The summed E-state index contributed by atoms with van der Waals surface area (Å²) in [5, 5.41) is 0. The summed E-state index contributed by atoms with van der Waals surface area (Å²) >= 11 is 0. The Morgan fingerprint density at radius 1 is 0.861 bits per heavy atom. The molecule has 0 unspecified atom stereocenters. The number of fused-ring (bicyclic) bond motifs is 1. The number of nitrogens with zero attached hydrogens (tertiary/aromatic N) is 4. The first kappa shape index (κ1) is 23.2. The molecule has 5 aromatic rings. The molecule has 1 amide bonds. The Morgan fingerprint density at radius 3 is 2.28 bits per heavy atom. The molecule has 5 rings (SSSR count). The Balaban J connectivity index is 1.88. The number of rotatable bonds is 5. The molecule has 0 atom stereocenters. The van der Waals surface area contributed by atoms with E-state index in [1.54, 1.807) is 4.57 Å². The van der Waals surface area contributed by atoms with E-state index in [9.17, 15) is 9.59 Å². The van der Waals surface area contributed by atoms with Gasteiger partial charge in [0, 0.05) is 5.56 Å². The monoisotopic (exact) mass is 477 g/mol. The quantitative estimate of drug-likeness (QED) is 0.399. The number of aromatic nitrogens is 4. The largest absolute Gasteiger partial charge is 0.364 e. The molecule has 2 heterocycles. The van der Waals surface area contributed by atoms with Gasteiger partial charge in [-0.1, -0.05) is 60.2 Å². The van der Waals surface area contributed by atoms with Crippen LogP contribution in [0.2, 0.25) is 0 Å². The van der Waals surface area contributed by atoms with Gasteiger partial charge >= 0.3 is 5.69 Å². The van der Waals surface area contributed by atoms with Crippen LogP contribution in [0.3, 0.4) is 0 Å². The van der Waals surface area contributed by atoms with Gasteiger partial charge in [-0.15, -0.1) is 0 Å². The van der Waals surface area contributed by atoms with E-state index < -0.39 is 5.91 Å². The molecular formula is C29H27N5O2. The van der Waals surface area contributed by atoms with Gasteiger partial charge in [-0.3, -0.25) is 9.36 Å². The number of amides is 1. The minimum absolute atomic E-state index is 0.0191. The minimum atomic E-state index is -0.715. The number of primary amides is 1. The molecular weight excluding hydrogens is 450 g/mol. The van der Waals surface area contributed by atoms with E-state index >= 15 is 0 Å². The van der Waals surface area contributed by atoms with Gasteiger partial charge in [-0.2, -0.15) is 0 Å². The van der Waals surface area contributed by atoms with E-state index in [2.05, 4.69) is 4.98 Å². The highest BCUT2D eigenvalue weighted by molar-refractivity contribution is 6.02. The third kappa shape index (κ3) is 3.98. The van der Waals surface area contributed by atoms with Crippen molar-refractivity contribution in [2.24, 2.45) is 5.73 Å². The van der Waals surface area contributed by atoms with E-state index in [1.807, 2.05) is 94.4 Å². The third-order valence-electron chi connectivity index (χ3n) is 6.56. The fourth-order valence-electron chi connectivity index (χ4n) is 4.52. The minimum Gasteiger partial charge on any atom is -0.364 e. The number of hydrogen-bond donors (Lipinski definition) is 1. The SMILES string of the molecule is Cc1ccc(-c2nc(C(N)=O)c3c(n2)n(-c2ccc(C)c(C)c2)c(=O)n3Cc2ccccc2)c(C)c1. The Hall–Kier alpha value is -4.52. The van der Waals surface area contributed by atoms with Crippen molar-refractivity contribution in [3.05, 3.63) is 111 Å². The summed E-state index contributed by atoms with van der Waals surface area (Å²) in [5.74, 6) is -0.365. The molecule has 0 aliphatic rings. The van der Waals surface area contributed by atoms with Crippen LogP contribution in [0, 0.1) is 27.7 Å². The lowest BCUT2D eigenvalue weighted by Crippen LogP contribution is -2.24. The number of hydrogen-bond acceptors (Lipinski definition) is 4. The van der Waals surface area contributed by atoms with Crippen LogP contribution in [0.4, 0.5) is 0 Å². The van der Waals surface area contributed by atoms with Gasteiger partial charge in [0.15, 0.2) is 17.2 Å². The van der Waals surface area contributed by atoms with Crippen molar-refractivity contribution in [1.29, 1.82) is 0 Å². The molecule has 0 aliphatic carbocycles. The molecule has 0 bridgehead atoms. The second-order valence-electron chi connectivity index (χ2n) is 9.21. The Morgan fingerprint density at radius 2 is 1.61 bits per heavy atom. The Bertz CT molecular complexity index is 1700. The Labute approximate surface area is 208 Å². The van der Waals surface area contributed by atoms with E-state index in [1.165, 1.54) is 4.57 Å². The maximum Gasteiger partial charge on any atom is 0.335 e. The summed E-state index contributed by atoms with van der Waals surface area (Å²) in [6.45, 7) is 8.25. The normalized spacial score (nSPS) is 11.2. The number of aryl methyl sites for hydroxylation is 4. The highest BCUT2D eigenvalue weighted by Gasteiger charge is 2.25. The molecule has 3 aromatic carbocycles. The first-order valence-corrected chi connectivity index (χ1v) is 11.8. The van der Waals surface area contributed by atoms with Crippen LogP contribution in [0.5, 0.6) is 0 Å². The number of imidazole rings is 1. The van der Waals surface area contributed by atoms with Crippen molar-refractivity contribution >= 4 is 17.1 Å². The summed E-state index contributed by atoms with van der Waals surface area (Å²) < 4.78 is 3.08. The van der Waals surface area contributed by atoms with Gasteiger partial charge in [-0.05, 0) is 62.1 Å². The van der Waals surface area contributed by atoms with Crippen molar-refractivity contribution in [1.82, 2.24) is 19.1 Å². The first-order chi connectivity index (χ1) is 17.2. The van der Waals surface area contributed by atoms with Crippen LogP contribution in [0.1, 0.15) is 38.3 Å². The van der Waals surface area contributed by atoms with Crippen LogP contribution in [0.15, 0.2) is 71.5 Å². The average molecular weight is 478 g/mol. The second-order valence-corrected chi connectivity index (χ2v) is 9.21. The number of carbonyl (C=O) groups is 1. The number of carbonyl (C=O) groups excluding carboxylic acids is 1. The molecule has 0 fully saturated rings. The molecule has 0 aliphatic heterocycles. The molecule has 0 spiro atoms. The lowest BCUT2D eigenvalue weighted by molar-refractivity contribution is 0.0997. The van der Waals surface area contributed by atoms with Crippen molar-refractivity contribution in [2.75, 3.05) is 0 Å². The summed E-state index contributed by atoms with van der Waals surface area (Å²) in [6.07, 6.45) is 0. The maximum atomic E-state index is 13.9. The van der Waals surface area contributed by atoms with Crippen LogP contribution in [0.25, 0.3) is 28.2 Å². The molecule has 2 N–H and O–H groups in total. The summed E-state index contributed by atoms with van der Waals surface area (Å²) in [5.41, 5.74) is 12.8. The smallest absolute Gasteiger partial charge is 0.335 e. The van der Waals surface area contributed by atoms with Gasteiger partial charge < -0.3 is 5.73 Å². The molecule has 0 saturated heterocycles. The van der Waals surface area contributed by atoms with Crippen LogP contribution >= 0.6 is 0 Å². The zero-order valence-electron chi connectivity index (χ0n) is 20.7. The van der Waals surface area contributed by atoms with E-state index in [0.717, 1.165) is 33.4 Å². The van der Waals surface area contributed by atoms with Gasteiger partial charge in [0.1, 0.15) is 5.52 Å². The second kappa shape index (κ2) is 8.92. The van der Waals surface area contributed by atoms with Crippen molar-refractivity contribution in [3.8, 4) is 17.1 Å². The van der Waals surface area contributed by atoms with Crippen LogP contribution in [-0.2, 0) is 6.54 Å². The third-order valence-corrected chi connectivity index (χ3v) is 6.56. The Kier molecular flexibility index (Phi) is 5.76. The van der Waals surface area contributed by atoms with Gasteiger partial charge in [0.25, 0.3) is 5.91 Å². The highest BCUT2D eigenvalue weighted by atomic mass is 16.2. The van der Waals surface area contributed by atoms with E-state index in [4.69, 9.17) is 10.7 Å². The molecule has 2 aromatic heterocycles. The summed E-state index contributed by atoms with van der Waals surface area (Å²) in [7, 11) is 0. The van der Waals surface area contributed by atoms with Crippen molar-refractivity contribution in [2.45, 2.75) is 34.2 Å². The lowest BCUT2D eigenvalue weighted by Gasteiger charge is -2.10. The molecule has 0 saturated carbocycles. The lowest BCUT2D eigenvalue weighted by atomic mass is 10.1. The number of nitrogens with two attached hydrogens (primary N) is 1. The average Bonchev–Trinajstić information content (AvgIpc) is 3.12. The van der Waals surface area contributed by atoms with Crippen LogP contribution < -0.4 is 11.4 Å². The van der Waals surface area contributed by atoms with Gasteiger partial charge in [0.2, 0.25) is 0 Å². The zero-order chi connectivity index (χ0) is 25.6. The maximum absolute atomic E-state index is 13.9. The van der Waals surface area contributed by atoms with E-state index in [-0.39, 0.29) is 17.9 Å². The van der Waals surface area contributed by atoms with Crippen molar-refractivity contribution < 1.29 is 4.79 Å². The van der Waals surface area contributed by atoms with E-state index in [0.29, 0.717) is 22.7 Å². The highest BCUT2D eigenvalue weighted by Crippen LogP contribution is 2.27. The molecule has 180 valence electrons. The van der Waals surface area contributed by atoms with Crippen LogP contribution in [-0.4, -0.2) is 25.0 Å². The number of benzene rings is 3. The fourth-order valence-corrected chi connectivity index (χ4v) is 4.52. The first-order valence-electron chi connectivity index (χ1n) is 11.8. The molecule has 0 radical (unpaired) electrons. The zero-order valence-corrected chi connectivity index (χ0v) is 20.7.